The highest BCUT2D eigenvalue weighted by molar-refractivity contribution is 5.41. The van der Waals surface area contributed by atoms with Crippen molar-refractivity contribution in [2.24, 2.45) is 5.92 Å². The molecule has 8 heteroatoms. The van der Waals surface area contributed by atoms with Crippen LogP contribution in [0, 0.1) is 5.92 Å². The Bertz CT molecular complexity index is 648. The summed E-state index contributed by atoms with van der Waals surface area (Å²) >= 11 is 0. The van der Waals surface area contributed by atoms with E-state index >= 15 is 0 Å². The van der Waals surface area contributed by atoms with Crippen LogP contribution in [0.2, 0.25) is 0 Å². The van der Waals surface area contributed by atoms with Crippen molar-refractivity contribution in [2.75, 3.05) is 18.0 Å². The summed E-state index contributed by atoms with van der Waals surface area (Å²) in [4.78, 5) is 13.8. The molecule has 2 atom stereocenters. The standard InChI is InChI=1S/C15H15F3N4O/c16-15(17,18)11-1-2-14(21-6-11)22-8-10(13(23)9-22)5-12-7-19-3-4-20-12/h1-4,6-7,10,13,23H,5,8-9H2/t10-,13-/m1/s1. The monoisotopic (exact) mass is 324 g/mol. The molecule has 1 aliphatic rings. The number of alkyl halides is 3. The van der Waals surface area contributed by atoms with Gasteiger partial charge in [0, 0.05) is 43.8 Å². The van der Waals surface area contributed by atoms with Crippen molar-refractivity contribution in [2.45, 2.75) is 18.7 Å². The van der Waals surface area contributed by atoms with Crippen LogP contribution in [0.1, 0.15) is 11.3 Å². The van der Waals surface area contributed by atoms with E-state index in [4.69, 9.17) is 0 Å². The molecule has 0 spiro atoms. The average Bonchev–Trinajstić information content (AvgIpc) is 2.89. The van der Waals surface area contributed by atoms with Crippen LogP contribution in [-0.4, -0.2) is 39.3 Å². The number of aliphatic hydroxyl groups is 1. The maximum Gasteiger partial charge on any atom is 0.417 e. The number of β-amino-alcohol motifs (C(OH)–C–C–N with tert-alkyl or cyclic N) is 1. The summed E-state index contributed by atoms with van der Waals surface area (Å²) in [6.45, 7) is 0.847. The fourth-order valence-corrected chi connectivity index (χ4v) is 2.69. The molecule has 3 rings (SSSR count). The fraction of sp³-hybridized carbons (Fsp3) is 0.400. The van der Waals surface area contributed by atoms with Crippen LogP contribution in [0.25, 0.3) is 0 Å². The first kappa shape index (κ1) is 15.7. The third-order valence-corrected chi connectivity index (χ3v) is 3.89. The Morgan fingerprint density at radius 2 is 1.96 bits per heavy atom. The van der Waals surface area contributed by atoms with Crippen LogP contribution in [0.15, 0.2) is 36.9 Å². The quantitative estimate of drug-likeness (QED) is 0.935. The van der Waals surface area contributed by atoms with Gasteiger partial charge < -0.3 is 10.0 Å². The first-order valence-corrected chi connectivity index (χ1v) is 7.14. The maximum absolute atomic E-state index is 12.6. The van der Waals surface area contributed by atoms with Crippen molar-refractivity contribution < 1.29 is 18.3 Å². The lowest BCUT2D eigenvalue weighted by atomic mass is 10.0. The molecule has 1 N–H and O–H groups in total. The molecular weight excluding hydrogens is 309 g/mol. The Morgan fingerprint density at radius 1 is 1.13 bits per heavy atom. The molecule has 0 unspecified atom stereocenters. The minimum atomic E-state index is -4.40. The third kappa shape index (κ3) is 3.58. The fourth-order valence-electron chi connectivity index (χ4n) is 2.69. The van der Waals surface area contributed by atoms with Crippen molar-refractivity contribution in [3.63, 3.8) is 0 Å². The van der Waals surface area contributed by atoms with Crippen molar-refractivity contribution >= 4 is 5.82 Å². The van der Waals surface area contributed by atoms with Crippen LogP contribution in [0.5, 0.6) is 0 Å². The number of anilines is 1. The predicted molar refractivity (Wildman–Crippen MR) is 76.7 cm³/mol. The predicted octanol–water partition coefficient (Wildman–Crippen LogP) is 1.93. The molecule has 5 nitrogen and oxygen atoms in total. The zero-order valence-corrected chi connectivity index (χ0v) is 12.1. The van der Waals surface area contributed by atoms with E-state index in [1.807, 2.05) is 0 Å². The van der Waals surface area contributed by atoms with Crippen molar-refractivity contribution in [1.82, 2.24) is 15.0 Å². The molecule has 0 radical (unpaired) electrons. The highest BCUT2D eigenvalue weighted by atomic mass is 19.4. The van der Waals surface area contributed by atoms with E-state index in [1.54, 1.807) is 23.5 Å². The van der Waals surface area contributed by atoms with Gasteiger partial charge in [-0.05, 0) is 18.6 Å². The second-order valence-electron chi connectivity index (χ2n) is 5.54. The number of rotatable bonds is 3. The number of hydrogen-bond donors (Lipinski definition) is 1. The molecule has 122 valence electrons. The van der Waals surface area contributed by atoms with Gasteiger partial charge in [0.2, 0.25) is 0 Å². The molecule has 2 aromatic rings. The minimum absolute atomic E-state index is 0.0595. The second-order valence-corrected chi connectivity index (χ2v) is 5.54. The molecule has 0 bridgehead atoms. The van der Waals surface area contributed by atoms with E-state index < -0.39 is 17.8 Å². The summed E-state index contributed by atoms with van der Waals surface area (Å²) in [6, 6.07) is 2.34. The van der Waals surface area contributed by atoms with Gasteiger partial charge in [0.1, 0.15) is 5.82 Å². The smallest absolute Gasteiger partial charge is 0.391 e. The summed E-state index contributed by atoms with van der Waals surface area (Å²) in [6.07, 6.45) is 1.21. The van der Waals surface area contributed by atoms with E-state index in [1.165, 1.54) is 6.07 Å². The van der Waals surface area contributed by atoms with Crippen LogP contribution in [0.3, 0.4) is 0 Å². The van der Waals surface area contributed by atoms with Crippen molar-refractivity contribution in [3.8, 4) is 0 Å². The lowest BCUT2D eigenvalue weighted by Crippen LogP contribution is -2.22. The SMILES string of the molecule is O[C@@H]1CN(c2ccc(C(F)(F)F)cn2)C[C@H]1Cc1cnccn1. The second kappa shape index (κ2) is 6.11. The molecule has 1 fully saturated rings. The number of aromatic nitrogens is 3. The van der Waals surface area contributed by atoms with E-state index in [0.29, 0.717) is 25.3 Å². The Hall–Kier alpha value is -2.22. The van der Waals surface area contributed by atoms with Crippen molar-refractivity contribution in [3.05, 3.63) is 48.2 Å². The van der Waals surface area contributed by atoms with E-state index in [0.717, 1.165) is 18.0 Å². The molecule has 1 aliphatic heterocycles. The number of pyridine rings is 1. The van der Waals surface area contributed by atoms with Gasteiger partial charge in [-0.15, -0.1) is 0 Å². The largest absolute Gasteiger partial charge is 0.417 e. The zero-order valence-electron chi connectivity index (χ0n) is 12.1. The molecule has 23 heavy (non-hydrogen) atoms. The van der Waals surface area contributed by atoms with Gasteiger partial charge in [0.15, 0.2) is 0 Å². The lowest BCUT2D eigenvalue weighted by Gasteiger charge is -2.17. The average molecular weight is 324 g/mol. The van der Waals surface area contributed by atoms with Crippen LogP contribution >= 0.6 is 0 Å². The van der Waals surface area contributed by atoms with Gasteiger partial charge in [0.25, 0.3) is 0 Å². The number of halogens is 3. The first-order valence-electron chi connectivity index (χ1n) is 7.14. The summed E-state index contributed by atoms with van der Waals surface area (Å²) in [5.41, 5.74) is -0.00381. The highest BCUT2D eigenvalue weighted by Gasteiger charge is 2.34. The summed E-state index contributed by atoms with van der Waals surface area (Å²) in [7, 11) is 0. The molecule has 0 aromatic carbocycles. The number of hydrogen-bond acceptors (Lipinski definition) is 5. The molecule has 0 aliphatic carbocycles. The molecule has 3 heterocycles. The van der Waals surface area contributed by atoms with Gasteiger partial charge >= 0.3 is 6.18 Å². The summed E-state index contributed by atoms with van der Waals surface area (Å²) in [5, 5.41) is 10.2. The topological polar surface area (TPSA) is 62.1 Å². The molecule has 0 saturated carbocycles. The van der Waals surface area contributed by atoms with E-state index in [-0.39, 0.29) is 5.92 Å². The Balaban J connectivity index is 1.68. The van der Waals surface area contributed by atoms with Gasteiger partial charge in [0.05, 0.1) is 17.4 Å². The van der Waals surface area contributed by atoms with Gasteiger partial charge in [-0.2, -0.15) is 13.2 Å². The first-order chi connectivity index (χ1) is 10.9. The molecule has 1 saturated heterocycles. The van der Waals surface area contributed by atoms with Gasteiger partial charge in [-0.25, -0.2) is 4.98 Å². The lowest BCUT2D eigenvalue weighted by molar-refractivity contribution is -0.137. The molecule has 2 aromatic heterocycles. The minimum Gasteiger partial charge on any atom is -0.391 e. The third-order valence-electron chi connectivity index (χ3n) is 3.89. The van der Waals surface area contributed by atoms with Crippen LogP contribution in [0.4, 0.5) is 19.0 Å². The summed E-state index contributed by atoms with van der Waals surface area (Å²) in [5.74, 6) is 0.370. The molecular formula is C15H15F3N4O. The van der Waals surface area contributed by atoms with Crippen molar-refractivity contribution in [1.29, 1.82) is 0 Å². The van der Waals surface area contributed by atoms with Crippen LogP contribution in [-0.2, 0) is 12.6 Å². The van der Waals surface area contributed by atoms with E-state index in [2.05, 4.69) is 15.0 Å². The number of nitrogens with zero attached hydrogens (tertiary/aromatic N) is 4. The van der Waals surface area contributed by atoms with Gasteiger partial charge in [-0.1, -0.05) is 0 Å². The zero-order chi connectivity index (χ0) is 16.4. The Labute approximate surface area is 130 Å². The Kier molecular flexibility index (Phi) is 4.16. The highest BCUT2D eigenvalue weighted by Crippen LogP contribution is 2.30. The van der Waals surface area contributed by atoms with Gasteiger partial charge in [-0.3, -0.25) is 9.97 Å². The maximum atomic E-state index is 12.6. The Morgan fingerprint density at radius 3 is 2.57 bits per heavy atom. The number of aliphatic hydroxyl groups excluding tert-OH is 1. The summed E-state index contributed by atoms with van der Waals surface area (Å²) < 4.78 is 37.7. The van der Waals surface area contributed by atoms with E-state index in [9.17, 15) is 18.3 Å². The van der Waals surface area contributed by atoms with Crippen LogP contribution < -0.4 is 4.90 Å². The molecule has 0 amide bonds. The normalized spacial score (nSPS) is 21.7.